The summed E-state index contributed by atoms with van der Waals surface area (Å²) in [7, 11) is -4.23. The second kappa shape index (κ2) is 7.19. The number of hydrogen-bond acceptors (Lipinski definition) is 4. The highest BCUT2D eigenvalue weighted by Crippen LogP contribution is 2.41. The number of nitrogens with one attached hydrogen (secondary N) is 2. The molecule has 1 heterocycles. The number of aryl methyl sites for hydroxylation is 1. The Kier molecular flexibility index (Phi) is 5.26. The monoisotopic (exact) mass is 442 g/mol. The first-order valence-electron chi connectivity index (χ1n) is 9.10. The highest BCUT2D eigenvalue weighted by molar-refractivity contribution is 7.92. The largest absolute Gasteiger partial charge is 0.494 e. The van der Waals surface area contributed by atoms with E-state index in [2.05, 4.69) is 10.0 Å². The molecule has 30 heavy (non-hydrogen) atoms. The van der Waals surface area contributed by atoms with E-state index in [1.807, 2.05) is 0 Å². The van der Waals surface area contributed by atoms with Crippen molar-refractivity contribution in [1.29, 1.82) is 0 Å². The molecule has 0 atom stereocenters. The van der Waals surface area contributed by atoms with Crippen LogP contribution in [0.4, 0.5) is 24.5 Å². The maximum Gasteiger partial charge on any atom is 0.416 e. The van der Waals surface area contributed by atoms with Gasteiger partial charge in [0.2, 0.25) is 5.91 Å². The van der Waals surface area contributed by atoms with Gasteiger partial charge < -0.3 is 10.1 Å². The van der Waals surface area contributed by atoms with Crippen molar-refractivity contribution in [2.45, 2.75) is 44.2 Å². The second-order valence-corrected chi connectivity index (χ2v) is 9.21. The molecule has 0 radical (unpaired) electrons. The summed E-state index contributed by atoms with van der Waals surface area (Å²) in [6, 6.07) is 5.42. The maximum atomic E-state index is 13.2. The van der Waals surface area contributed by atoms with Gasteiger partial charge in [0.05, 0.1) is 28.2 Å². The molecule has 0 saturated heterocycles. The predicted molar refractivity (Wildman–Crippen MR) is 106 cm³/mol. The first kappa shape index (κ1) is 21.9. The molecule has 0 saturated carbocycles. The number of ether oxygens (including phenoxy) is 1. The summed E-state index contributed by atoms with van der Waals surface area (Å²) in [5.74, 6) is -0.367. The normalized spacial score (nSPS) is 15.5. The Hall–Kier alpha value is -2.75. The quantitative estimate of drug-likeness (QED) is 0.717. The van der Waals surface area contributed by atoms with Crippen LogP contribution in [0.3, 0.4) is 0 Å². The van der Waals surface area contributed by atoms with Crippen LogP contribution in [-0.4, -0.2) is 20.9 Å². The van der Waals surface area contributed by atoms with Crippen LogP contribution in [0.1, 0.15) is 37.5 Å². The van der Waals surface area contributed by atoms with E-state index in [9.17, 15) is 26.4 Å². The van der Waals surface area contributed by atoms with E-state index < -0.39 is 27.2 Å². The Bertz CT molecular complexity index is 1130. The number of rotatable bonds is 5. The van der Waals surface area contributed by atoms with Gasteiger partial charge in [-0.25, -0.2) is 8.42 Å². The lowest BCUT2D eigenvalue weighted by atomic mass is 9.85. The highest BCUT2D eigenvalue weighted by Gasteiger charge is 2.40. The van der Waals surface area contributed by atoms with Crippen LogP contribution in [0.15, 0.2) is 35.2 Å². The zero-order valence-corrected chi connectivity index (χ0v) is 17.6. The number of amides is 1. The van der Waals surface area contributed by atoms with Gasteiger partial charge in [-0.2, -0.15) is 13.2 Å². The molecule has 6 nitrogen and oxygen atoms in total. The average molecular weight is 442 g/mol. The molecule has 10 heteroatoms. The summed E-state index contributed by atoms with van der Waals surface area (Å²) in [6.07, 6.45) is -4.67. The third-order valence-corrected chi connectivity index (χ3v) is 6.26. The van der Waals surface area contributed by atoms with Crippen LogP contribution < -0.4 is 14.8 Å². The van der Waals surface area contributed by atoms with Crippen molar-refractivity contribution >= 4 is 27.3 Å². The zero-order valence-electron chi connectivity index (χ0n) is 16.8. The van der Waals surface area contributed by atoms with Crippen molar-refractivity contribution in [3.8, 4) is 5.75 Å². The smallest absolute Gasteiger partial charge is 0.416 e. The molecule has 0 aromatic heterocycles. The molecular formula is C20H21F3N2O4S. The molecule has 0 unspecified atom stereocenters. The van der Waals surface area contributed by atoms with Gasteiger partial charge in [-0.3, -0.25) is 9.52 Å². The number of carbonyl (C=O) groups excluding carboxylic acids is 1. The number of fused-ring (bicyclic) bond motifs is 1. The van der Waals surface area contributed by atoms with Gasteiger partial charge in [0.25, 0.3) is 10.0 Å². The minimum atomic E-state index is -4.67. The van der Waals surface area contributed by atoms with Gasteiger partial charge in [0.1, 0.15) is 5.75 Å². The van der Waals surface area contributed by atoms with E-state index in [-0.39, 0.29) is 28.8 Å². The van der Waals surface area contributed by atoms with Gasteiger partial charge in [0.15, 0.2) is 0 Å². The van der Waals surface area contributed by atoms with Crippen LogP contribution in [0.5, 0.6) is 5.75 Å². The Morgan fingerprint density at radius 1 is 1.13 bits per heavy atom. The number of sulfonamides is 1. The number of hydrogen-bond donors (Lipinski definition) is 2. The SMILES string of the molecule is CCOc1cc(NS(=O)(=O)c2cc(C)c3c(c2)C(C)(C)C(=O)N3)cc(C(F)(F)F)c1. The summed E-state index contributed by atoms with van der Waals surface area (Å²) in [4.78, 5) is 12.0. The summed E-state index contributed by atoms with van der Waals surface area (Å²) in [5, 5.41) is 2.73. The van der Waals surface area contributed by atoms with E-state index in [1.165, 1.54) is 18.2 Å². The lowest BCUT2D eigenvalue weighted by molar-refractivity contribution is -0.137. The third kappa shape index (κ3) is 3.96. The lowest BCUT2D eigenvalue weighted by Crippen LogP contribution is -2.27. The standard InChI is InChI=1S/C20H21F3N2O4S/c1-5-29-14-8-12(20(21,22)23)7-13(9-14)25-30(27,28)15-6-11(2)17-16(10-15)19(3,4)18(26)24-17/h6-10,25H,5H2,1-4H3,(H,24,26). The summed E-state index contributed by atoms with van der Waals surface area (Å²) >= 11 is 0. The molecule has 0 spiro atoms. The molecule has 162 valence electrons. The zero-order chi connectivity index (χ0) is 22.5. The Morgan fingerprint density at radius 3 is 2.40 bits per heavy atom. The Labute approximate surface area is 172 Å². The topological polar surface area (TPSA) is 84.5 Å². The number of carbonyl (C=O) groups is 1. The van der Waals surface area contributed by atoms with Gasteiger partial charge in [-0.1, -0.05) is 0 Å². The van der Waals surface area contributed by atoms with Crippen molar-refractivity contribution in [3.05, 3.63) is 47.0 Å². The maximum absolute atomic E-state index is 13.2. The minimum Gasteiger partial charge on any atom is -0.494 e. The molecular weight excluding hydrogens is 421 g/mol. The lowest BCUT2D eigenvalue weighted by Gasteiger charge is -2.18. The summed E-state index contributed by atoms with van der Waals surface area (Å²) in [6.45, 7) is 6.70. The van der Waals surface area contributed by atoms with Gasteiger partial charge in [-0.15, -0.1) is 0 Å². The van der Waals surface area contributed by atoms with Gasteiger partial charge in [0, 0.05) is 11.8 Å². The van der Waals surface area contributed by atoms with Crippen LogP contribution >= 0.6 is 0 Å². The third-order valence-electron chi connectivity index (χ3n) is 4.90. The number of halogens is 3. The van der Waals surface area contributed by atoms with E-state index in [0.717, 1.165) is 6.07 Å². The fourth-order valence-corrected chi connectivity index (χ4v) is 4.40. The molecule has 1 amide bonds. The van der Waals surface area contributed by atoms with Crippen molar-refractivity contribution in [2.75, 3.05) is 16.6 Å². The minimum absolute atomic E-state index is 0.105. The molecule has 1 aliphatic rings. The molecule has 2 aromatic carbocycles. The number of alkyl halides is 3. The van der Waals surface area contributed by atoms with Gasteiger partial charge in [-0.05, 0) is 63.1 Å². The van der Waals surface area contributed by atoms with E-state index in [0.29, 0.717) is 22.9 Å². The fourth-order valence-electron chi connectivity index (χ4n) is 3.25. The summed E-state index contributed by atoms with van der Waals surface area (Å²) in [5.41, 5.74) is -0.671. The number of benzene rings is 2. The van der Waals surface area contributed by atoms with E-state index in [1.54, 1.807) is 27.7 Å². The molecule has 3 rings (SSSR count). The molecule has 2 N–H and O–H groups in total. The van der Waals surface area contributed by atoms with Crippen LogP contribution in [0.2, 0.25) is 0 Å². The average Bonchev–Trinajstić information content (AvgIpc) is 2.84. The van der Waals surface area contributed by atoms with Crippen molar-refractivity contribution in [1.82, 2.24) is 0 Å². The van der Waals surface area contributed by atoms with Crippen LogP contribution in [-0.2, 0) is 26.4 Å². The molecule has 0 aliphatic carbocycles. The van der Waals surface area contributed by atoms with E-state index in [4.69, 9.17) is 4.74 Å². The highest BCUT2D eigenvalue weighted by atomic mass is 32.2. The number of anilines is 2. The van der Waals surface area contributed by atoms with Crippen molar-refractivity contribution in [2.24, 2.45) is 0 Å². The molecule has 1 aliphatic heterocycles. The van der Waals surface area contributed by atoms with Crippen molar-refractivity contribution in [3.63, 3.8) is 0 Å². The molecule has 0 fully saturated rings. The first-order valence-corrected chi connectivity index (χ1v) is 10.6. The molecule has 0 bridgehead atoms. The Balaban J connectivity index is 2.05. The summed E-state index contributed by atoms with van der Waals surface area (Å²) < 4.78 is 72.8. The second-order valence-electron chi connectivity index (χ2n) is 7.52. The predicted octanol–water partition coefficient (Wildman–Crippen LogP) is 4.44. The van der Waals surface area contributed by atoms with Gasteiger partial charge >= 0.3 is 6.18 Å². The van der Waals surface area contributed by atoms with Crippen molar-refractivity contribution < 1.29 is 31.1 Å². The molecule has 2 aromatic rings. The van der Waals surface area contributed by atoms with E-state index >= 15 is 0 Å². The van der Waals surface area contributed by atoms with Crippen LogP contribution in [0, 0.1) is 6.92 Å². The van der Waals surface area contributed by atoms with Crippen LogP contribution in [0.25, 0.3) is 0 Å². The first-order chi connectivity index (χ1) is 13.8. The Morgan fingerprint density at radius 2 is 1.80 bits per heavy atom. The fraction of sp³-hybridized carbons (Fsp3) is 0.350.